The molecular weight excluding hydrogens is 402 g/mol. The average molecular weight is 433 g/mol. The summed E-state index contributed by atoms with van der Waals surface area (Å²) in [6.45, 7) is 3.90. The normalized spacial score (nSPS) is 16.0. The van der Waals surface area contributed by atoms with Crippen molar-refractivity contribution < 1.29 is 39.3 Å². The fourth-order valence-corrected chi connectivity index (χ4v) is 2.41. The van der Waals surface area contributed by atoms with Gasteiger partial charge in [0.25, 0.3) is 0 Å². The second kappa shape index (κ2) is 12.7. The van der Waals surface area contributed by atoms with Crippen LogP contribution in [0, 0.1) is 5.92 Å². The van der Waals surface area contributed by atoms with E-state index in [1.54, 1.807) is 0 Å². The SMILES string of the molecule is CC(C)CC(N)C(=O)NC(CC(N)=O)C(=O)NC(C(=O)NC(CO)C(=O)O)C(C)O. The summed E-state index contributed by atoms with van der Waals surface area (Å²) in [7, 11) is 0. The number of aliphatic hydroxyl groups is 2. The first kappa shape index (κ1) is 27.2. The summed E-state index contributed by atoms with van der Waals surface area (Å²) in [5.41, 5.74) is 10.9. The Morgan fingerprint density at radius 3 is 1.83 bits per heavy atom. The minimum Gasteiger partial charge on any atom is -0.480 e. The largest absolute Gasteiger partial charge is 0.480 e. The average Bonchev–Trinajstić information content (AvgIpc) is 2.61. The van der Waals surface area contributed by atoms with Gasteiger partial charge in [0.2, 0.25) is 23.6 Å². The van der Waals surface area contributed by atoms with Crippen molar-refractivity contribution in [3.8, 4) is 0 Å². The Balaban J connectivity index is 5.36. The van der Waals surface area contributed by atoms with Crippen LogP contribution in [0.25, 0.3) is 0 Å². The van der Waals surface area contributed by atoms with Crippen molar-refractivity contribution in [3.05, 3.63) is 0 Å². The predicted molar refractivity (Wildman–Crippen MR) is 103 cm³/mol. The van der Waals surface area contributed by atoms with E-state index in [4.69, 9.17) is 21.7 Å². The molecular formula is C17H31N5O8. The van der Waals surface area contributed by atoms with Crippen LogP contribution in [-0.2, 0) is 24.0 Å². The van der Waals surface area contributed by atoms with Gasteiger partial charge in [-0.05, 0) is 19.3 Å². The highest BCUT2D eigenvalue weighted by molar-refractivity contribution is 5.96. The second-order valence-electron chi connectivity index (χ2n) is 7.28. The zero-order valence-corrected chi connectivity index (χ0v) is 17.1. The lowest BCUT2D eigenvalue weighted by molar-refractivity contribution is -0.144. The van der Waals surface area contributed by atoms with Crippen LogP contribution in [0.5, 0.6) is 0 Å². The number of rotatable bonds is 13. The van der Waals surface area contributed by atoms with Crippen LogP contribution in [0.1, 0.15) is 33.6 Å². The number of aliphatic carboxylic acids is 1. The molecule has 4 amide bonds. The maximum Gasteiger partial charge on any atom is 0.328 e. The summed E-state index contributed by atoms with van der Waals surface area (Å²) in [6, 6.07) is -5.73. The van der Waals surface area contributed by atoms with Crippen molar-refractivity contribution in [1.82, 2.24) is 16.0 Å². The molecule has 0 heterocycles. The number of carboxylic acid groups (broad SMARTS) is 1. The molecule has 0 aromatic heterocycles. The van der Waals surface area contributed by atoms with Gasteiger partial charge >= 0.3 is 5.97 Å². The van der Waals surface area contributed by atoms with Gasteiger partial charge in [-0.2, -0.15) is 0 Å². The van der Waals surface area contributed by atoms with E-state index < -0.39 is 72.9 Å². The molecule has 10 N–H and O–H groups in total. The standard InChI is InChI=1S/C17H31N5O8/c1-7(2)4-9(18)14(26)20-10(5-12(19)25)15(27)22-13(8(3)24)16(28)21-11(6-23)17(29)30/h7-11,13,23-24H,4-6,18H2,1-3H3,(H2,19,25)(H,20,26)(H,21,28)(H,22,27)(H,29,30). The number of aliphatic hydroxyl groups excluding tert-OH is 2. The predicted octanol–water partition coefficient (Wildman–Crippen LogP) is -3.85. The first-order valence-electron chi connectivity index (χ1n) is 9.26. The van der Waals surface area contributed by atoms with E-state index in [0.29, 0.717) is 6.42 Å². The van der Waals surface area contributed by atoms with Crippen molar-refractivity contribution in [3.63, 3.8) is 0 Å². The smallest absolute Gasteiger partial charge is 0.328 e. The molecule has 0 aromatic carbocycles. The summed E-state index contributed by atoms with van der Waals surface area (Å²) in [4.78, 5) is 59.2. The van der Waals surface area contributed by atoms with E-state index in [9.17, 15) is 29.1 Å². The number of hydrogen-bond donors (Lipinski definition) is 8. The van der Waals surface area contributed by atoms with Gasteiger partial charge in [0.05, 0.1) is 25.2 Å². The molecule has 13 heteroatoms. The fourth-order valence-electron chi connectivity index (χ4n) is 2.41. The Kier molecular flexibility index (Phi) is 11.5. The number of carbonyl (C=O) groups is 5. The molecule has 172 valence electrons. The molecule has 0 saturated carbocycles. The van der Waals surface area contributed by atoms with E-state index in [0.717, 1.165) is 6.92 Å². The Bertz CT molecular complexity index is 640. The first-order valence-corrected chi connectivity index (χ1v) is 9.26. The highest BCUT2D eigenvalue weighted by Crippen LogP contribution is 2.04. The minimum atomic E-state index is -1.66. The molecule has 0 saturated heterocycles. The molecule has 13 nitrogen and oxygen atoms in total. The van der Waals surface area contributed by atoms with Crippen LogP contribution in [0.15, 0.2) is 0 Å². The van der Waals surface area contributed by atoms with Crippen molar-refractivity contribution in [1.29, 1.82) is 0 Å². The Hall–Kier alpha value is -2.77. The maximum absolute atomic E-state index is 12.5. The summed E-state index contributed by atoms with van der Waals surface area (Å²) in [5, 5.41) is 34.1. The first-order chi connectivity index (χ1) is 13.8. The van der Waals surface area contributed by atoms with Crippen molar-refractivity contribution >= 4 is 29.6 Å². The van der Waals surface area contributed by atoms with Crippen LogP contribution >= 0.6 is 0 Å². The van der Waals surface area contributed by atoms with Crippen molar-refractivity contribution in [2.24, 2.45) is 17.4 Å². The Morgan fingerprint density at radius 2 is 1.43 bits per heavy atom. The van der Waals surface area contributed by atoms with Crippen LogP contribution in [0.4, 0.5) is 0 Å². The lowest BCUT2D eigenvalue weighted by atomic mass is 10.0. The van der Waals surface area contributed by atoms with E-state index >= 15 is 0 Å². The van der Waals surface area contributed by atoms with Crippen molar-refractivity contribution in [2.75, 3.05) is 6.61 Å². The molecule has 0 aromatic rings. The molecule has 0 aliphatic rings. The number of hydrogen-bond acceptors (Lipinski definition) is 8. The number of nitrogens with two attached hydrogens (primary N) is 2. The lowest BCUT2D eigenvalue weighted by Crippen LogP contribution is -2.60. The summed E-state index contributed by atoms with van der Waals surface area (Å²) in [6.07, 6.45) is -1.77. The van der Waals surface area contributed by atoms with Crippen molar-refractivity contribution in [2.45, 2.75) is 63.9 Å². The van der Waals surface area contributed by atoms with Gasteiger partial charge in [0, 0.05) is 0 Å². The molecule has 5 atom stereocenters. The number of primary amides is 1. The van der Waals surface area contributed by atoms with E-state index in [1.807, 2.05) is 19.2 Å². The monoisotopic (exact) mass is 433 g/mol. The molecule has 0 radical (unpaired) electrons. The maximum atomic E-state index is 12.5. The van der Waals surface area contributed by atoms with Crippen LogP contribution in [-0.4, -0.2) is 81.8 Å². The summed E-state index contributed by atoms with van der Waals surface area (Å²) < 4.78 is 0. The molecule has 0 fully saturated rings. The minimum absolute atomic E-state index is 0.0891. The third-order valence-corrected chi connectivity index (χ3v) is 3.96. The zero-order chi connectivity index (χ0) is 23.6. The third kappa shape index (κ3) is 9.62. The molecule has 0 bridgehead atoms. The lowest BCUT2D eigenvalue weighted by Gasteiger charge is -2.26. The van der Waals surface area contributed by atoms with Crippen LogP contribution in [0.3, 0.4) is 0 Å². The Labute approximate surface area is 173 Å². The van der Waals surface area contributed by atoms with Crippen LogP contribution < -0.4 is 27.4 Å². The van der Waals surface area contributed by atoms with Crippen LogP contribution in [0.2, 0.25) is 0 Å². The highest BCUT2D eigenvalue weighted by Gasteiger charge is 2.33. The third-order valence-electron chi connectivity index (χ3n) is 3.96. The Morgan fingerprint density at radius 1 is 0.900 bits per heavy atom. The van der Waals surface area contributed by atoms with Gasteiger partial charge in [0.15, 0.2) is 0 Å². The number of carboxylic acids is 1. The quantitative estimate of drug-likeness (QED) is 0.142. The molecule has 0 spiro atoms. The van der Waals surface area contributed by atoms with Gasteiger partial charge in [-0.1, -0.05) is 13.8 Å². The molecule has 0 aliphatic heterocycles. The van der Waals surface area contributed by atoms with E-state index in [1.165, 1.54) is 0 Å². The summed E-state index contributed by atoms with van der Waals surface area (Å²) >= 11 is 0. The van der Waals surface area contributed by atoms with Gasteiger partial charge in [-0.15, -0.1) is 0 Å². The molecule has 0 rings (SSSR count). The van der Waals surface area contributed by atoms with Gasteiger partial charge in [0.1, 0.15) is 18.1 Å². The van der Waals surface area contributed by atoms with Gasteiger partial charge < -0.3 is 42.7 Å². The number of carbonyl (C=O) groups excluding carboxylic acids is 4. The van der Waals surface area contributed by atoms with E-state index in [2.05, 4.69) is 10.6 Å². The van der Waals surface area contributed by atoms with Gasteiger partial charge in [-0.3, -0.25) is 19.2 Å². The fraction of sp³-hybridized carbons (Fsp3) is 0.706. The van der Waals surface area contributed by atoms with Gasteiger partial charge in [-0.25, -0.2) is 4.79 Å². The molecule has 30 heavy (non-hydrogen) atoms. The molecule has 5 unspecified atom stereocenters. The topological polar surface area (TPSA) is 234 Å². The number of nitrogens with one attached hydrogen (secondary N) is 3. The zero-order valence-electron chi connectivity index (χ0n) is 17.1. The number of amides is 4. The summed E-state index contributed by atoms with van der Waals surface area (Å²) in [5.74, 6) is -5.19. The highest BCUT2D eigenvalue weighted by atomic mass is 16.4. The molecule has 0 aliphatic carbocycles. The van der Waals surface area contributed by atoms with E-state index in [-0.39, 0.29) is 5.92 Å². The second-order valence-corrected chi connectivity index (χ2v) is 7.28.